The molecule has 0 radical (unpaired) electrons. The Morgan fingerprint density at radius 3 is 2.28 bits per heavy atom. The highest BCUT2D eigenvalue weighted by atomic mass is 16.5. The molecule has 4 rings (SSSR count). The van der Waals surface area contributed by atoms with Crippen molar-refractivity contribution in [2.75, 3.05) is 26.0 Å². The monoisotopic (exact) mass is 528 g/mol. The van der Waals surface area contributed by atoms with Gasteiger partial charge >= 0.3 is 5.97 Å². The molecule has 0 aliphatic carbocycles. The minimum absolute atomic E-state index is 0.0457. The normalized spacial score (nSPS) is 15.2. The molecule has 3 aromatic rings. The topological polar surface area (TPSA) is 99.8 Å². The van der Waals surface area contributed by atoms with Crippen LogP contribution >= 0.6 is 0 Å². The number of methoxy groups -OCH3 is 1. The largest absolute Gasteiger partial charge is 0.465 e. The van der Waals surface area contributed by atoms with E-state index in [0.29, 0.717) is 25.1 Å². The maximum Gasteiger partial charge on any atom is 0.337 e. The van der Waals surface area contributed by atoms with Crippen LogP contribution < -0.4 is 16.0 Å². The molecular formula is C31H36N4O4. The molecule has 1 aliphatic rings. The maximum atomic E-state index is 13.7. The van der Waals surface area contributed by atoms with Crippen LogP contribution in [0.25, 0.3) is 0 Å². The fourth-order valence-electron chi connectivity index (χ4n) is 4.86. The van der Waals surface area contributed by atoms with Gasteiger partial charge in [-0.3, -0.25) is 9.59 Å². The first-order chi connectivity index (χ1) is 18.9. The van der Waals surface area contributed by atoms with Crippen LogP contribution in [0.2, 0.25) is 0 Å². The van der Waals surface area contributed by atoms with E-state index in [1.165, 1.54) is 12.7 Å². The molecule has 0 bridgehead atoms. The van der Waals surface area contributed by atoms with Crippen molar-refractivity contribution < 1.29 is 19.1 Å². The molecule has 0 fully saturated rings. The lowest BCUT2D eigenvalue weighted by molar-refractivity contribution is -0.139. The van der Waals surface area contributed by atoms with E-state index in [9.17, 15) is 14.4 Å². The van der Waals surface area contributed by atoms with Crippen molar-refractivity contribution in [1.82, 2.24) is 15.5 Å². The van der Waals surface area contributed by atoms with Crippen LogP contribution in [-0.4, -0.2) is 55.5 Å². The summed E-state index contributed by atoms with van der Waals surface area (Å²) in [6.07, 6.45) is 1.19. The molecule has 1 heterocycles. The minimum Gasteiger partial charge on any atom is -0.465 e. The van der Waals surface area contributed by atoms with E-state index in [4.69, 9.17) is 4.74 Å². The predicted molar refractivity (Wildman–Crippen MR) is 151 cm³/mol. The van der Waals surface area contributed by atoms with Crippen molar-refractivity contribution in [3.05, 3.63) is 101 Å². The lowest BCUT2D eigenvalue weighted by atomic mass is 9.93. The molecule has 0 aromatic heterocycles. The second-order valence-electron chi connectivity index (χ2n) is 9.88. The maximum absolute atomic E-state index is 13.7. The molecule has 8 heteroatoms. The Kier molecular flexibility index (Phi) is 9.33. The van der Waals surface area contributed by atoms with E-state index < -0.39 is 6.04 Å². The summed E-state index contributed by atoms with van der Waals surface area (Å²) in [6, 6.07) is 22.7. The number of benzene rings is 3. The Balaban J connectivity index is 1.41. The number of fused-ring (bicyclic) bond motifs is 1. The molecule has 39 heavy (non-hydrogen) atoms. The van der Waals surface area contributed by atoms with E-state index in [-0.39, 0.29) is 30.4 Å². The average molecular weight is 529 g/mol. The highest BCUT2D eigenvalue weighted by molar-refractivity contribution is 5.89. The van der Waals surface area contributed by atoms with E-state index in [2.05, 4.69) is 35.0 Å². The number of likely N-dealkylation sites (N-methyl/N-ethyl adjacent to an activating group) is 1. The number of carbonyl (C=O) groups is 3. The highest BCUT2D eigenvalue weighted by Gasteiger charge is 2.32. The third-order valence-corrected chi connectivity index (χ3v) is 7.03. The van der Waals surface area contributed by atoms with Crippen molar-refractivity contribution in [1.29, 1.82) is 0 Å². The van der Waals surface area contributed by atoms with E-state index in [1.54, 1.807) is 19.2 Å². The van der Waals surface area contributed by atoms with Crippen molar-refractivity contribution in [2.45, 2.75) is 44.9 Å². The number of nitrogens with zero attached hydrogens (tertiary/aromatic N) is 1. The molecule has 2 amide bonds. The number of esters is 1. The van der Waals surface area contributed by atoms with Crippen LogP contribution in [0.3, 0.4) is 0 Å². The van der Waals surface area contributed by atoms with Gasteiger partial charge in [-0.25, -0.2) is 4.79 Å². The van der Waals surface area contributed by atoms with Gasteiger partial charge < -0.3 is 25.6 Å². The number of hydrogen-bond donors (Lipinski definition) is 3. The summed E-state index contributed by atoms with van der Waals surface area (Å²) in [7, 11) is 3.07. The quantitative estimate of drug-likeness (QED) is 0.349. The predicted octanol–water partition coefficient (Wildman–Crippen LogP) is 3.31. The average Bonchev–Trinajstić information content (AvgIpc) is 2.95. The van der Waals surface area contributed by atoms with Crippen LogP contribution in [0.5, 0.6) is 0 Å². The molecule has 2 unspecified atom stereocenters. The molecule has 8 nitrogen and oxygen atoms in total. The Morgan fingerprint density at radius 2 is 1.62 bits per heavy atom. The highest BCUT2D eigenvalue weighted by Crippen LogP contribution is 2.24. The number of rotatable bonds is 10. The first kappa shape index (κ1) is 27.9. The summed E-state index contributed by atoms with van der Waals surface area (Å²) < 4.78 is 4.74. The van der Waals surface area contributed by atoms with Crippen molar-refractivity contribution in [3.63, 3.8) is 0 Å². The summed E-state index contributed by atoms with van der Waals surface area (Å²) in [5.41, 5.74) is 5.85. The second kappa shape index (κ2) is 13.1. The fraction of sp³-hybridized carbons (Fsp3) is 0.323. The van der Waals surface area contributed by atoms with Crippen molar-refractivity contribution in [2.24, 2.45) is 0 Å². The third-order valence-electron chi connectivity index (χ3n) is 7.03. The number of ether oxygens (including phenoxy) is 1. The van der Waals surface area contributed by atoms with E-state index in [1.807, 2.05) is 53.4 Å². The molecule has 2 atom stereocenters. The second-order valence-corrected chi connectivity index (χ2v) is 9.88. The molecule has 1 aliphatic heterocycles. The number of hydrogen-bond acceptors (Lipinski definition) is 6. The van der Waals surface area contributed by atoms with Crippen molar-refractivity contribution in [3.8, 4) is 0 Å². The van der Waals surface area contributed by atoms with Gasteiger partial charge in [-0.05, 0) is 66.9 Å². The molecule has 0 saturated heterocycles. The van der Waals surface area contributed by atoms with Crippen LogP contribution in [-0.2, 0) is 40.3 Å². The van der Waals surface area contributed by atoms with Gasteiger partial charge in [0, 0.05) is 31.2 Å². The Bertz CT molecular complexity index is 1290. The van der Waals surface area contributed by atoms with Crippen LogP contribution in [0.1, 0.15) is 39.5 Å². The van der Waals surface area contributed by atoms with Gasteiger partial charge in [-0.2, -0.15) is 0 Å². The zero-order chi connectivity index (χ0) is 27.8. The zero-order valence-electron chi connectivity index (χ0n) is 22.7. The third kappa shape index (κ3) is 7.23. The molecular weight excluding hydrogens is 492 g/mol. The van der Waals surface area contributed by atoms with E-state index in [0.717, 1.165) is 28.8 Å². The van der Waals surface area contributed by atoms with Crippen LogP contribution in [0.4, 0.5) is 5.69 Å². The van der Waals surface area contributed by atoms with Crippen LogP contribution in [0, 0.1) is 0 Å². The fourth-order valence-corrected chi connectivity index (χ4v) is 4.86. The number of carbonyl (C=O) groups excluding carboxylic acids is 3. The summed E-state index contributed by atoms with van der Waals surface area (Å²) in [6.45, 7) is 3.34. The summed E-state index contributed by atoms with van der Waals surface area (Å²) in [4.78, 5) is 39.7. The Hall–Kier alpha value is -4.17. The Labute approximate surface area is 229 Å². The van der Waals surface area contributed by atoms with Crippen LogP contribution in [0.15, 0.2) is 72.8 Å². The molecule has 0 saturated carbocycles. The standard InChI is InChI=1S/C31H36N4O4/c1-21-16-25-6-4-5-7-26(25)20-35(21)30(37)28(34-29(36)19-32-2)17-22-10-14-27(15-11-22)33-18-23-8-12-24(13-9-23)31(38)39-3/h4-15,21,28,32-33H,16-20H2,1-3H3,(H,34,36). The molecule has 3 N–H and O–H groups in total. The number of nitrogens with one attached hydrogen (secondary N) is 3. The van der Waals surface area contributed by atoms with Gasteiger partial charge in [0.2, 0.25) is 11.8 Å². The Morgan fingerprint density at radius 1 is 0.949 bits per heavy atom. The summed E-state index contributed by atoms with van der Waals surface area (Å²) in [5.74, 6) is -0.639. The first-order valence-corrected chi connectivity index (χ1v) is 13.2. The first-order valence-electron chi connectivity index (χ1n) is 13.2. The van der Waals surface area contributed by atoms with Gasteiger partial charge in [-0.1, -0.05) is 48.5 Å². The lowest BCUT2D eigenvalue weighted by Gasteiger charge is -2.37. The molecule has 204 valence electrons. The zero-order valence-corrected chi connectivity index (χ0v) is 22.7. The SMILES string of the molecule is CNCC(=O)NC(Cc1ccc(NCc2ccc(C(=O)OC)cc2)cc1)C(=O)N1Cc2ccccc2CC1C. The number of anilines is 1. The lowest BCUT2D eigenvalue weighted by Crippen LogP contribution is -2.54. The summed E-state index contributed by atoms with van der Waals surface area (Å²) in [5, 5.41) is 9.17. The smallest absolute Gasteiger partial charge is 0.337 e. The minimum atomic E-state index is -0.661. The van der Waals surface area contributed by atoms with Gasteiger partial charge in [0.25, 0.3) is 0 Å². The summed E-state index contributed by atoms with van der Waals surface area (Å²) >= 11 is 0. The van der Waals surface area contributed by atoms with Gasteiger partial charge in [0.1, 0.15) is 6.04 Å². The van der Waals surface area contributed by atoms with Gasteiger partial charge in [-0.15, -0.1) is 0 Å². The van der Waals surface area contributed by atoms with Gasteiger partial charge in [0.05, 0.1) is 19.2 Å². The van der Waals surface area contributed by atoms with Crippen molar-refractivity contribution >= 4 is 23.5 Å². The molecule has 3 aromatic carbocycles. The molecule has 0 spiro atoms. The van der Waals surface area contributed by atoms with Gasteiger partial charge in [0.15, 0.2) is 0 Å². The number of amides is 2. The van der Waals surface area contributed by atoms with E-state index >= 15 is 0 Å².